The molecule has 0 radical (unpaired) electrons. The van der Waals surface area contributed by atoms with Gasteiger partial charge in [0.1, 0.15) is 0 Å². The maximum absolute atomic E-state index is 12.0. The molecule has 1 aromatic carbocycles. The van der Waals surface area contributed by atoms with E-state index in [0.29, 0.717) is 18.7 Å². The van der Waals surface area contributed by atoms with Crippen LogP contribution in [0.25, 0.3) is 0 Å². The summed E-state index contributed by atoms with van der Waals surface area (Å²) in [5, 5.41) is 2.81. The van der Waals surface area contributed by atoms with E-state index in [1.54, 1.807) is 19.2 Å². The number of rotatable bonds is 9. The number of nitrogens with zero attached hydrogens (tertiary/aromatic N) is 1. The minimum atomic E-state index is -3.38. The van der Waals surface area contributed by atoms with Crippen LogP contribution in [0.1, 0.15) is 25.3 Å². The van der Waals surface area contributed by atoms with Gasteiger partial charge in [-0.25, -0.2) is 8.42 Å². The Hall–Kier alpha value is -1.60. The summed E-state index contributed by atoms with van der Waals surface area (Å²) >= 11 is 0. The molecule has 1 atom stereocenters. The lowest BCUT2D eigenvalue weighted by Crippen LogP contribution is -2.36. The first-order chi connectivity index (χ1) is 10.7. The summed E-state index contributed by atoms with van der Waals surface area (Å²) in [6.45, 7) is 4.52. The molecule has 0 saturated heterocycles. The number of anilines is 1. The number of hydrogen-bond donors (Lipinski definition) is 1. The van der Waals surface area contributed by atoms with Crippen molar-refractivity contribution in [3.63, 3.8) is 0 Å². The van der Waals surface area contributed by atoms with E-state index in [4.69, 9.17) is 4.74 Å². The summed E-state index contributed by atoms with van der Waals surface area (Å²) in [6.07, 6.45) is 1.89. The van der Waals surface area contributed by atoms with Crippen molar-refractivity contribution < 1.29 is 17.9 Å². The minimum absolute atomic E-state index is 0.0596. The number of nitrogens with one attached hydrogen (secondary N) is 1. The maximum atomic E-state index is 12.0. The molecule has 0 spiro atoms. The van der Waals surface area contributed by atoms with Crippen molar-refractivity contribution in [1.29, 1.82) is 0 Å². The summed E-state index contributed by atoms with van der Waals surface area (Å²) in [7, 11) is -1.80. The van der Waals surface area contributed by atoms with Gasteiger partial charge in [0.25, 0.3) is 0 Å². The van der Waals surface area contributed by atoms with Crippen LogP contribution in [0.2, 0.25) is 0 Å². The molecule has 0 bridgehead atoms. The molecule has 1 N–H and O–H groups in total. The number of carbonyl (C=O) groups excluding carboxylic acids is 1. The van der Waals surface area contributed by atoms with Crippen molar-refractivity contribution in [3.05, 3.63) is 29.8 Å². The molecule has 1 amide bonds. The smallest absolute Gasteiger partial charge is 0.232 e. The lowest BCUT2D eigenvalue weighted by atomic mass is 10.2. The van der Waals surface area contributed by atoms with Crippen molar-refractivity contribution in [1.82, 2.24) is 5.32 Å². The van der Waals surface area contributed by atoms with Gasteiger partial charge in [0.05, 0.1) is 18.6 Å². The molecule has 0 saturated carbocycles. The van der Waals surface area contributed by atoms with Crippen LogP contribution in [0.15, 0.2) is 24.3 Å². The molecule has 1 aromatic rings. The largest absolute Gasteiger partial charge is 0.383 e. The van der Waals surface area contributed by atoms with Crippen molar-refractivity contribution in [2.24, 2.45) is 0 Å². The van der Waals surface area contributed by atoms with Crippen LogP contribution in [0, 0.1) is 6.92 Å². The van der Waals surface area contributed by atoms with E-state index < -0.39 is 10.0 Å². The Morgan fingerprint density at radius 3 is 2.43 bits per heavy atom. The van der Waals surface area contributed by atoms with Gasteiger partial charge in [-0.2, -0.15) is 0 Å². The summed E-state index contributed by atoms with van der Waals surface area (Å²) in [5.74, 6) is -0.105. The molecule has 0 heterocycles. The zero-order valence-electron chi connectivity index (χ0n) is 14.2. The number of sulfonamides is 1. The second kappa shape index (κ2) is 8.88. The van der Waals surface area contributed by atoms with Gasteiger partial charge < -0.3 is 10.1 Å². The average Bonchev–Trinajstić information content (AvgIpc) is 2.44. The summed E-state index contributed by atoms with van der Waals surface area (Å²) in [4.78, 5) is 11.8. The van der Waals surface area contributed by atoms with Gasteiger partial charge in [-0.05, 0) is 32.4 Å². The first kappa shape index (κ1) is 19.4. The molecule has 0 aliphatic rings. The first-order valence-electron chi connectivity index (χ1n) is 7.56. The normalized spacial score (nSPS) is 12.7. The van der Waals surface area contributed by atoms with Gasteiger partial charge >= 0.3 is 0 Å². The lowest BCUT2D eigenvalue weighted by molar-refractivity contribution is -0.122. The highest BCUT2D eigenvalue weighted by Crippen LogP contribution is 2.18. The fourth-order valence-corrected chi connectivity index (χ4v) is 3.18. The van der Waals surface area contributed by atoms with Crippen molar-refractivity contribution >= 4 is 21.6 Å². The molecule has 0 aromatic heterocycles. The van der Waals surface area contributed by atoms with E-state index in [1.165, 1.54) is 10.6 Å². The quantitative estimate of drug-likeness (QED) is 0.741. The van der Waals surface area contributed by atoms with Crippen LogP contribution in [-0.2, 0) is 19.6 Å². The molecule has 23 heavy (non-hydrogen) atoms. The second-order valence-corrected chi connectivity index (χ2v) is 7.60. The van der Waals surface area contributed by atoms with Crippen LogP contribution < -0.4 is 9.62 Å². The zero-order valence-corrected chi connectivity index (χ0v) is 15.0. The Bertz CT molecular complexity index is 599. The van der Waals surface area contributed by atoms with Gasteiger partial charge in [-0.15, -0.1) is 0 Å². The molecular formula is C16H26N2O4S. The van der Waals surface area contributed by atoms with E-state index in [1.807, 2.05) is 26.0 Å². The topological polar surface area (TPSA) is 75.7 Å². The van der Waals surface area contributed by atoms with Crippen LogP contribution in [-0.4, -0.2) is 46.9 Å². The van der Waals surface area contributed by atoms with E-state index in [2.05, 4.69) is 5.32 Å². The van der Waals surface area contributed by atoms with E-state index in [9.17, 15) is 13.2 Å². The number of hydrogen-bond acceptors (Lipinski definition) is 4. The SMILES string of the molecule is COC[C@H](C)NC(=O)CCCN(c1ccc(C)cc1)S(C)(=O)=O. The molecule has 0 aliphatic heterocycles. The van der Waals surface area contributed by atoms with Crippen LogP contribution in [0.3, 0.4) is 0 Å². The van der Waals surface area contributed by atoms with Crippen LogP contribution in [0.4, 0.5) is 5.69 Å². The Balaban J connectivity index is 2.60. The molecule has 1 rings (SSSR count). The summed E-state index contributed by atoms with van der Waals surface area (Å²) < 4.78 is 30.2. The second-order valence-electron chi connectivity index (χ2n) is 5.70. The molecule has 7 heteroatoms. The number of amides is 1. The monoisotopic (exact) mass is 342 g/mol. The minimum Gasteiger partial charge on any atom is -0.383 e. The third kappa shape index (κ3) is 7.00. The maximum Gasteiger partial charge on any atom is 0.232 e. The van der Waals surface area contributed by atoms with Gasteiger partial charge in [-0.3, -0.25) is 9.10 Å². The van der Waals surface area contributed by atoms with Crippen molar-refractivity contribution in [2.75, 3.05) is 30.8 Å². The predicted octanol–water partition coefficient (Wildman–Crippen LogP) is 1.69. The molecule has 0 unspecified atom stereocenters. The van der Waals surface area contributed by atoms with Gasteiger partial charge in [0, 0.05) is 26.1 Å². The summed E-state index contributed by atoms with van der Waals surface area (Å²) in [5.41, 5.74) is 1.68. The van der Waals surface area contributed by atoms with Crippen molar-refractivity contribution in [2.45, 2.75) is 32.7 Å². The van der Waals surface area contributed by atoms with Gasteiger partial charge in [0.15, 0.2) is 0 Å². The first-order valence-corrected chi connectivity index (χ1v) is 9.41. The highest BCUT2D eigenvalue weighted by molar-refractivity contribution is 7.92. The molecule has 0 aliphatic carbocycles. The third-order valence-corrected chi connectivity index (χ3v) is 4.51. The Kier molecular flexibility index (Phi) is 7.51. The zero-order chi connectivity index (χ0) is 17.5. The number of benzene rings is 1. The summed E-state index contributed by atoms with van der Waals surface area (Å²) in [6, 6.07) is 7.23. The predicted molar refractivity (Wildman–Crippen MR) is 92.1 cm³/mol. The molecule has 6 nitrogen and oxygen atoms in total. The van der Waals surface area contributed by atoms with Gasteiger partial charge in [0.2, 0.25) is 15.9 Å². The Morgan fingerprint density at radius 1 is 1.30 bits per heavy atom. The lowest BCUT2D eigenvalue weighted by Gasteiger charge is -2.22. The third-order valence-electron chi connectivity index (χ3n) is 3.31. The highest BCUT2D eigenvalue weighted by Gasteiger charge is 2.17. The number of ether oxygens (including phenoxy) is 1. The van der Waals surface area contributed by atoms with E-state index in [0.717, 1.165) is 5.56 Å². The van der Waals surface area contributed by atoms with E-state index >= 15 is 0 Å². The van der Waals surface area contributed by atoms with Crippen LogP contribution >= 0.6 is 0 Å². The highest BCUT2D eigenvalue weighted by atomic mass is 32.2. The molecule has 0 fully saturated rings. The molecular weight excluding hydrogens is 316 g/mol. The Morgan fingerprint density at radius 2 is 1.91 bits per heavy atom. The van der Waals surface area contributed by atoms with Crippen LogP contribution in [0.5, 0.6) is 0 Å². The van der Waals surface area contributed by atoms with E-state index in [-0.39, 0.29) is 24.9 Å². The number of carbonyl (C=O) groups is 1. The fraction of sp³-hybridized carbons (Fsp3) is 0.562. The molecule has 130 valence electrons. The van der Waals surface area contributed by atoms with Crippen molar-refractivity contribution in [3.8, 4) is 0 Å². The average molecular weight is 342 g/mol. The standard InChI is InChI=1S/C16H26N2O4S/c1-13-7-9-15(10-8-13)18(23(4,20)21)11-5-6-16(19)17-14(2)12-22-3/h7-10,14H,5-6,11-12H2,1-4H3,(H,17,19)/t14-/m0/s1. The van der Waals surface area contributed by atoms with Gasteiger partial charge in [-0.1, -0.05) is 17.7 Å². The Labute approximate surface area is 138 Å². The number of methoxy groups -OCH3 is 1. The fourth-order valence-electron chi connectivity index (χ4n) is 2.22. The number of aryl methyl sites for hydroxylation is 1.